The zero-order valence-corrected chi connectivity index (χ0v) is 16.6. The maximum absolute atomic E-state index is 13.5. The number of hydrogen-bond donors (Lipinski definition) is 2. The Hall–Kier alpha value is -4.01. The van der Waals surface area contributed by atoms with Gasteiger partial charge in [0.2, 0.25) is 5.91 Å². The van der Waals surface area contributed by atoms with E-state index in [1.807, 2.05) is 0 Å². The van der Waals surface area contributed by atoms with Crippen LogP contribution in [0.2, 0.25) is 0 Å². The van der Waals surface area contributed by atoms with Crippen LogP contribution in [0.15, 0.2) is 65.5 Å². The summed E-state index contributed by atoms with van der Waals surface area (Å²) in [5, 5.41) is 16.0. The van der Waals surface area contributed by atoms with E-state index in [-0.39, 0.29) is 12.2 Å². The number of carboxylic acids is 1. The molecule has 1 amide bonds. The van der Waals surface area contributed by atoms with E-state index in [1.54, 1.807) is 30.3 Å². The van der Waals surface area contributed by atoms with Crippen LogP contribution in [0.3, 0.4) is 0 Å². The maximum atomic E-state index is 13.5. The van der Waals surface area contributed by atoms with Gasteiger partial charge in [-0.25, -0.2) is 13.9 Å². The van der Waals surface area contributed by atoms with E-state index in [0.29, 0.717) is 11.3 Å². The Morgan fingerprint density at radius 1 is 1.16 bits per heavy atom. The number of carbonyl (C=O) groups excluding carboxylic acids is 1. The molecule has 0 saturated carbocycles. The van der Waals surface area contributed by atoms with Gasteiger partial charge in [-0.1, -0.05) is 30.3 Å². The lowest BCUT2D eigenvalue weighted by atomic mass is 10.1. The second-order valence-electron chi connectivity index (χ2n) is 6.71. The van der Waals surface area contributed by atoms with Crippen molar-refractivity contribution >= 4 is 11.9 Å². The maximum Gasteiger partial charge on any atom is 0.326 e. The first kappa shape index (κ1) is 21.7. The number of amides is 1. The molecule has 1 atom stereocenters. The van der Waals surface area contributed by atoms with Crippen LogP contribution in [0.25, 0.3) is 11.3 Å². The van der Waals surface area contributed by atoms with Crippen LogP contribution in [-0.4, -0.2) is 39.9 Å². The Labute approximate surface area is 176 Å². The third-order valence-corrected chi connectivity index (χ3v) is 4.52. The van der Waals surface area contributed by atoms with Crippen LogP contribution in [-0.2, 0) is 22.6 Å². The van der Waals surface area contributed by atoms with E-state index in [0.717, 1.165) is 10.2 Å². The topological polar surface area (TPSA) is 111 Å². The molecule has 1 unspecified atom stereocenters. The number of methoxy groups -OCH3 is 1. The predicted molar refractivity (Wildman–Crippen MR) is 110 cm³/mol. The van der Waals surface area contributed by atoms with Crippen molar-refractivity contribution in [3.8, 4) is 17.0 Å². The van der Waals surface area contributed by atoms with Gasteiger partial charge in [0.1, 0.15) is 24.2 Å². The van der Waals surface area contributed by atoms with Gasteiger partial charge >= 0.3 is 5.97 Å². The lowest BCUT2D eigenvalue weighted by Crippen LogP contribution is -2.44. The zero-order chi connectivity index (χ0) is 22.4. The molecule has 1 heterocycles. The molecular formula is C22H20FN3O5. The molecule has 0 bridgehead atoms. The molecule has 0 aliphatic carbocycles. The van der Waals surface area contributed by atoms with Crippen molar-refractivity contribution in [2.24, 2.45) is 0 Å². The van der Waals surface area contributed by atoms with Crippen molar-refractivity contribution in [1.29, 1.82) is 0 Å². The Morgan fingerprint density at radius 3 is 2.58 bits per heavy atom. The molecule has 3 rings (SSSR count). The quantitative estimate of drug-likeness (QED) is 0.570. The minimum Gasteiger partial charge on any atom is -0.496 e. The average molecular weight is 425 g/mol. The summed E-state index contributed by atoms with van der Waals surface area (Å²) >= 11 is 0. The number of halogens is 1. The number of benzene rings is 2. The Bertz CT molecular complexity index is 1150. The summed E-state index contributed by atoms with van der Waals surface area (Å²) in [6.45, 7) is -0.477. The average Bonchev–Trinajstić information content (AvgIpc) is 2.75. The molecule has 9 heteroatoms. The first-order valence-corrected chi connectivity index (χ1v) is 9.35. The molecule has 8 nitrogen and oxygen atoms in total. The fourth-order valence-electron chi connectivity index (χ4n) is 3.01. The number of carbonyl (C=O) groups is 2. The zero-order valence-electron chi connectivity index (χ0n) is 16.6. The minimum absolute atomic E-state index is 0.0943. The first-order chi connectivity index (χ1) is 14.9. The molecule has 1 aromatic heterocycles. The fraction of sp³-hybridized carbons (Fsp3) is 0.182. The molecule has 0 spiro atoms. The molecule has 2 aromatic carbocycles. The monoisotopic (exact) mass is 425 g/mol. The van der Waals surface area contributed by atoms with Gasteiger partial charge in [-0.15, -0.1) is 0 Å². The SMILES string of the molecule is COc1cc(F)ccc1-c1ccc(=O)n(CC(=O)NC(Cc2ccccc2)C(=O)O)n1. The molecule has 160 valence electrons. The van der Waals surface area contributed by atoms with Crippen molar-refractivity contribution in [2.75, 3.05) is 7.11 Å². The predicted octanol–water partition coefficient (Wildman–Crippen LogP) is 1.87. The lowest BCUT2D eigenvalue weighted by Gasteiger charge is -2.15. The normalized spacial score (nSPS) is 11.5. The minimum atomic E-state index is -1.19. The fourth-order valence-corrected chi connectivity index (χ4v) is 3.01. The van der Waals surface area contributed by atoms with E-state index in [1.165, 1.54) is 37.4 Å². The second kappa shape index (κ2) is 9.66. The van der Waals surface area contributed by atoms with E-state index in [4.69, 9.17) is 4.74 Å². The number of ether oxygens (including phenoxy) is 1. The van der Waals surface area contributed by atoms with Crippen molar-refractivity contribution in [3.05, 3.63) is 82.4 Å². The van der Waals surface area contributed by atoms with Gasteiger partial charge in [-0.3, -0.25) is 9.59 Å². The summed E-state index contributed by atoms with van der Waals surface area (Å²) in [6.07, 6.45) is 0.0943. The van der Waals surface area contributed by atoms with Gasteiger partial charge in [-0.2, -0.15) is 5.10 Å². The number of aromatic nitrogens is 2. The third-order valence-electron chi connectivity index (χ3n) is 4.52. The van der Waals surface area contributed by atoms with Crippen molar-refractivity contribution < 1.29 is 23.8 Å². The van der Waals surface area contributed by atoms with Crippen LogP contribution in [0, 0.1) is 5.82 Å². The Kier molecular flexibility index (Phi) is 6.76. The van der Waals surface area contributed by atoms with Gasteiger partial charge in [-0.05, 0) is 23.8 Å². The number of aliphatic carboxylic acids is 1. The third kappa shape index (κ3) is 5.53. The van der Waals surface area contributed by atoms with Gasteiger partial charge in [0, 0.05) is 24.1 Å². The smallest absolute Gasteiger partial charge is 0.326 e. The van der Waals surface area contributed by atoms with Gasteiger partial charge in [0.15, 0.2) is 0 Å². The molecule has 0 aliphatic rings. The van der Waals surface area contributed by atoms with Crippen molar-refractivity contribution in [3.63, 3.8) is 0 Å². The largest absolute Gasteiger partial charge is 0.496 e. The summed E-state index contributed by atoms with van der Waals surface area (Å²) in [6, 6.07) is 14.2. The summed E-state index contributed by atoms with van der Waals surface area (Å²) in [5.74, 6) is -2.15. The first-order valence-electron chi connectivity index (χ1n) is 9.35. The summed E-state index contributed by atoms with van der Waals surface area (Å²) in [7, 11) is 1.38. The Balaban J connectivity index is 1.79. The van der Waals surface area contributed by atoms with Gasteiger partial charge < -0.3 is 15.2 Å². The molecule has 0 saturated heterocycles. The summed E-state index contributed by atoms with van der Waals surface area (Å²) in [5.41, 5.74) is 0.930. The number of rotatable bonds is 8. The van der Waals surface area contributed by atoms with E-state index in [2.05, 4.69) is 10.4 Å². The van der Waals surface area contributed by atoms with Gasteiger partial charge in [0.25, 0.3) is 5.56 Å². The highest BCUT2D eigenvalue weighted by Gasteiger charge is 2.21. The molecule has 0 fully saturated rings. The number of hydrogen-bond acceptors (Lipinski definition) is 5. The van der Waals surface area contributed by atoms with Crippen molar-refractivity contribution in [2.45, 2.75) is 19.0 Å². The molecule has 31 heavy (non-hydrogen) atoms. The van der Waals surface area contributed by atoms with Crippen LogP contribution < -0.4 is 15.6 Å². The number of nitrogens with one attached hydrogen (secondary N) is 1. The summed E-state index contributed by atoms with van der Waals surface area (Å²) < 4.78 is 19.5. The molecule has 0 aliphatic heterocycles. The van der Waals surface area contributed by atoms with Crippen LogP contribution in [0.5, 0.6) is 5.75 Å². The van der Waals surface area contributed by atoms with Crippen LogP contribution in [0.4, 0.5) is 4.39 Å². The molecule has 0 radical (unpaired) electrons. The van der Waals surface area contributed by atoms with E-state index in [9.17, 15) is 23.9 Å². The molecular weight excluding hydrogens is 405 g/mol. The summed E-state index contributed by atoms with van der Waals surface area (Å²) in [4.78, 5) is 36.2. The highest BCUT2D eigenvalue weighted by Crippen LogP contribution is 2.28. The highest BCUT2D eigenvalue weighted by molar-refractivity contribution is 5.83. The number of carboxylic acid groups (broad SMARTS) is 1. The van der Waals surface area contributed by atoms with Crippen LogP contribution in [0.1, 0.15) is 5.56 Å². The van der Waals surface area contributed by atoms with E-state index < -0.39 is 35.8 Å². The molecule has 3 aromatic rings. The standard InChI is InChI=1S/C22H20FN3O5/c1-31-19-12-15(23)7-8-16(19)17-9-10-21(28)26(25-17)13-20(27)24-18(22(29)30)11-14-5-3-2-4-6-14/h2-10,12,18H,11,13H2,1H3,(H,24,27)(H,29,30). The highest BCUT2D eigenvalue weighted by atomic mass is 19.1. The molecule has 2 N–H and O–H groups in total. The van der Waals surface area contributed by atoms with Crippen molar-refractivity contribution in [1.82, 2.24) is 15.1 Å². The van der Waals surface area contributed by atoms with Crippen LogP contribution >= 0.6 is 0 Å². The Morgan fingerprint density at radius 2 is 1.90 bits per heavy atom. The second-order valence-corrected chi connectivity index (χ2v) is 6.71. The number of nitrogens with zero attached hydrogens (tertiary/aromatic N) is 2. The van der Waals surface area contributed by atoms with Gasteiger partial charge in [0.05, 0.1) is 12.8 Å². The van der Waals surface area contributed by atoms with E-state index >= 15 is 0 Å². The lowest BCUT2D eigenvalue weighted by molar-refractivity contribution is -0.141.